The Balaban J connectivity index is 1.69. The summed E-state index contributed by atoms with van der Waals surface area (Å²) in [6.45, 7) is 6.36. The zero-order chi connectivity index (χ0) is 14.7. The second kappa shape index (κ2) is 6.31. The van der Waals surface area contributed by atoms with Gasteiger partial charge in [0.25, 0.3) is 0 Å². The van der Waals surface area contributed by atoms with Crippen LogP contribution in [0.4, 0.5) is 5.69 Å². The summed E-state index contributed by atoms with van der Waals surface area (Å²) in [7, 11) is 0. The Bertz CT molecular complexity index is 601. The van der Waals surface area contributed by atoms with E-state index in [0.717, 1.165) is 13.1 Å². The maximum absolute atomic E-state index is 3.64. The fourth-order valence-corrected chi connectivity index (χ4v) is 2.96. The molecule has 2 heteroatoms. The van der Waals surface area contributed by atoms with Crippen molar-refractivity contribution in [3.8, 4) is 0 Å². The first-order valence-electron chi connectivity index (χ1n) is 7.88. The van der Waals surface area contributed by atoms with Crippen LogP contribution in [0.1, 0.15) is 41.6 Å². The average Bonchev–Trinajstić information content (AvgIpc) is 2.53. The van der Waals surface area contributed by atoms with E-state index in [0.29, 0.717) is 6.04 Å². The molecule has 1 atom stereocenters. The topological polar surface area (TPSA) is 24.1 Å². The molecule has 2 aromatic rings. The lowest BCUT2D eigenvalue weighted by atomic mass is 9.99. The molecular formula is C19H24N2. The smallest absolute Gasteiger partial charge is 0.0418 e. The van der Waals surface area contributed by atoms with Gasteiger partial charge in [0.2, 0.25) is 0 Å². The molecule has 3 rings (SSSR count). The monoisotopic (exact) mass is 280 g/mol. The molecule has 2 aromatic carbocycles. The third-order valence-electron chi connectivity index (χ3n) is 4.34. The molecule has 110 valence electrons. The standard InChI is InChI=1S/C19H24N2/c1-14-8-10-16(11-9-14)15(2)21-13-18-6-3-5-17-7-4-12-20-19(17)18/h3,5-6,8-11,15,20-21H,4,7,12-13H2,1-2H3/t15-/m0/s1. The molecule has 0 aliphatic carbocycles. The molecule has 0 fully saturated rings. The van der Waals surface area contributed by atoms with Crippen molar-refractivity contribution in [2.45, 2.75) is 39.3 Å². The number of fused-ring (bicyclic) bond motifs is 1. The van der Waals surface area contributed by atoms with Gasteiger partial charge in [0, 0.05) is 24.8 Å². The SMILES string of the molecule is Cc1ccc([C@H](C)NCc2cccc3c2NCCC3)cc1. The Morgan fingerprint density at radius 3 is 2.76 bits per heavy atom. The van der Waals surface area contributed by atoms with Gasteiger partial charge in [-0.05, 0) is 43.4 Å². The van der Waals surface area contributed by atoms with Gasteiger partial charge in [0.1, 0.15) is 0 Å². The van der Waals surface area contributed by atoms with Gasteiger partial charge in [-0.3, -0.25) is 0 Å². The molecule has 0 spiro atoms. The van der Waals surface area contributed by atoms with Crippen LogP contribution in [0.3, 0.4) is 0 Å². The lowest BCUT2D eigenvalue weighted by Crippen LogP contribution is -2.21. The van der Waals surface area contributed by atoms with Gasteiger partial charge in [0.05, 0.1) is 0 Å². The third kappa shape index (κ3) is 3.27. The van der Waals surface area contributed by atoms with Crippen LogP contribution < -0.4 is 10.6 Å². The van der Waals surface area contributed by atoms with Crippen LogP contribution in [0.5, 0.6) is 0 Å². The Labute approximate surface area is 127 Å². The number of benzene rings is 2. The lowest BCUT2D eigenvalue weighted by molar-refractivity contribution is 0.574. The van der Waals surface area contributed by atoms with E-state index in [1.807, 2.05) is 0 Å². The highest BCUT2D eigenvalue weighted by Crippen LogP contribution is 2.26. The molecule has 0 amide bonds. The number of rotatable bonds is 4. The Morgan fingerprint density at radius 1 is 1.14 bits per heavy atom. The first kappa shape index (κ1) is 14.2. The molecule has 21 heavy (non-hydrogen) atoms. The Hall–Kier alpha value is -1.80. The van der Waals surface area contributed by atoms with E-state index in [1.165, 1.54) is 40.8 Å². The molecule has 0 bridgehead atoms. The zero-order valence-corrected chi connectivity index (χ0v) is 12.9. The van der Waals surface area contributed by atoms with Gasteiger partial charge < -0.3 is 10.6 Å². The van der Waals surface area contributed by atoms with Crippen LogP contribution in [0.2, 0.25) is 0 Å². The van der Waals surface area contributed by atoms with Crippen molar-refractivity contribution in [2.24, 2.45) is 0 Å². The van der Waals surface area contributed by atoms with E-state index in [9.17, 15) is 0 Å². The van der Waals surface area contributed by atoms with Crippen LogP contribution in [0.25, 0.3) is 0 Å². The molecule has 1 aliphatic heterocycles. The first-order valence-corrected chi connectivity index (χ1v) is 7.88. The highest BCUT2D eigenvalue weighted by molar-refractivity contribution is 5.59. The second-order valence-electron chi connectivity index (χ2n) is 5.99. The van der Waals surface area contributed by atoms with Crippen molar-refractivity contribution in [2.75, 3.05) is 11.9 Å². The maximum Gasteiger partial charge on any atom is 0.0418 e. The van der Waals surface area contributed by atoms with Crippen molar-refractivity contribution >= 4 is 5.69 Å². The molecule has 1 aliphatic rings. The van der Waals surface area contributed by atoms with Crippen molar-refractivity contribution in [3.05, 3.63) is 64.7 Å². The largest absolute Gasteiger partial charge is 0.385 e. The minimum absolute atomic E-state index is 0.366. The van der Waals surface area contributed by atoms with Gasteiger partial charge in [-0.25, -0.2) is 0 Å². The summed E-state index contributed by atoms with van der Waals surface area (Å²) in [5.74, 6) is 0. The van der Waals surface area contributed by atoms with Crippen LogP contribution in [-0.4, -0.2) is 6.54 Å². The predicted octanol–water partition coefficient (Wildman–Crippen LogP) is 4.20. The number of hydrogen-bond acceptors (Lipinski definition) is 2. The zero-order valence-electron chi connectivity index (χ0n) is 12.9. The quantitative estimate of drug-likeness (QED) is 0.877. The molecule has 0 radical (unpaired) electrons. The number of nitrogens with one attached hydrogen (secondary N) is 2. The van der Waals surface area contributed by atoms with Crippen molar-refractivity contribution in [3.63, 3.8) is 0 Å². The summed E-state index contributed by atoms with van der Waals surface area (Å²) in [5.41, 5.74) is 6.85. The van der Waals surface area contributed by atoms with Gasteiger partial charge in [-0.15, -0.1) is 0 Å². The predicted molar refractivity (Wildman–Crippen MR) is 89.7 cm³/mol. The molecule has 2 N–H and O–H groups in total. The number of aryl methyl sites for hydroxylation is 2. The third-order valence-corrected chi connectivity index (χ3v) is 4.34. The van der Waals surface area contributed by atoms with Gasteiger partial charge in [-0.1, -0.05) is 48.0 Å². The van der Waals surface area contributed by atoms with Crippen LogP contribution >= 0.6 is 0 Å². The van der Waals surface area contributed by atoms with Gasteiger partial charge in [-0.2, -0.15) is 0 Å². The van der Waals surface area contributed by atoms with Crippen molar-refractivity contribution in [1.82, 2.24) is 5.32 Å². The molecule has 1 heterocycles. The van der Waals surface area contributed by atoms with Crippen molar-refractivity contribution in [1.29, 1.82) is 0 Å². The second-order valence-corrected chi connectivity index (χ2v) is 5.99. The molecular weight excluding hydrogens is 256 g/mol. The molecule has 0 aromatic heterocycles. The van der Waals surface area contributed by atoms with Crippen LogP contribution in [-0.2, 0) is 13.0 Å². The molecule has 2 nitrogen and oxygen atoms in total. The highest BCUT2D eigenvalue weighted by Gasteiger charge is 2.13. The number of para-hydroxylation sites is 1. The average molecular weight is 280 g/mol. The molecule has 0 saturated carbocycles. The minimum atomic E-state index is 0.366. The van der Waals surface area contributed by atoms with E-state index in [4.69, 9.17) is 0 Å². The lowest BCUT2D eigenvalue weighted by Gasteiger charge is -2.22. The van der Waals surface area contributed by atoms with Crippen LogP contribution in [0.15, 0.2) is 42.5 Å². The van der Waals surface area contributed by atoms with E-state index < -0.39 is 0 Å². The minimum Gasteiger partial charge on any atom is -0.385 e. The number of anilines is 1. The van der Waals surface area contributed by atoms with E-state index in [1.54, 1.807) is 0 Å². The van der Waals surface area contributed by atoms with Crippen LogP contribution in [0, 0.1) is 6.92 Å². The van der Waals surface area contributed by atoms with E-state index >= 15 is 0 Å². The summed E-state index contributed by atoms with van der Waals surface area (Å²) in [6.07, 6.45) is 2.44. The Morgan fingerprint density at radius 2 is 1.95 bits per heavy atom. The maximum atomic E-state index is 3.64. The first-order chi connectivity index (χ1) is 10.2. The molecule has 0 saturated heterocycles. The molecule has 0 unspecified atom stereocenters. The van der Waals surface area contributed by atoms with E-state index in [2.05, 4.69) is 66.9 Å². The summed E-state index contributed by atoms with van der Waals surface area (Å²) in [5, 5.41) is 7.21. The van der Waals surface area contributed by atoms with Gasteiger partial charge in [0.15, 0.2) is 0 Å². The Kier molecular flexibility index (Phi) is 4.26. The van der Waals surface area contributed by atoms with Gasteiger partial charge >= 0.3 is 0 Å². The van der Waals surface area contributed by atoms with Crippen molar-refractivity contribution < 1.29 is 0 Å². The normalized spacial score (nSPS) is 15.1. The summed E-state index contributed by atoms with van der Waals surface area (Å²) in [6, 6.07) is 15.8. The summed E-state index contributed by atoms with van der Waals surface area (Å²) in [4.78, 5) is 0. The van der Waals surface area contributed by atoms with E-state index in [-0.39, 0.29) is 0 Å². The fraction of sp³-hybridized carbons (Fsp3) is 0.368. The highest BCUT2D eigenvalue weighted by atomic mass is 14.9. The fourth-order valence-electron chi connectivity index (χ4n) is 2.96. The summed E-state index contributed by atoms with van der Waals surface area (Å²) >= 11 is 0. The number of hydrogen-bond donors (Lipinski definition) is 2. The summed E-state index contributed by atoms with van der Waals surface area (Å²) < 4.78 is 0.